The standard InChI is InChI=1S/C13H17ClO/c1-10(2)8-12-4-6-13(7-5-12)15-9-11(3)14/h4-7,10H,3,8-9H2,1-2H3. The normalized spacial score (nSPS) is 10.4. The predicted molar refractivity (Wildman–Crippen MR) is 65.5 cm³/mol. The molecule has 0 aromatic heterocycles. The zero-order chi connectivity index (χ0) is 11.3. The molecule has 0 spiro atoms. The Morgan fingerprint density at radius 2 is 1.93 bits per heavy atom. The fraction of sp³-hybridized carbons (Fsp3) is 0.385. The summed E-state index contributed by atoms with van der Waals surface area (Å²) < 4.78 is 5.40. The van der Waals surface area contributed by atoms with E-state index in [1.54, 1.807) is 0 Å². The van der Waals surface area contributed by atoms with Gasteiger partial charge in [0.2, 0.25) is 0 Å². The molecular weight excluding hydrogens is 208 g/mol. The van der Waals surface area contributed by atoms with E-state index in [1.165, 1.54) is 5.56 Å². The van der Waals surface area contributed by atoms with Crippen LogP contribution in [0.5, 0.6) is 5.75 Å². The molecule has 1 nitrogen and oxygen atoms in total. The quantitative estimate of drug-likeness (QED) is 0.734. The molecule has 0 amide bonds. The van der Waals surface area contributed by atoms with Crippen LogP contribution >= 0.6 is 11.6 Å². The van der Waals surface area contributed by atoms with Crippen molar-refractivity contribution in [2.75, 3.05) is 6.61 Å². The molecule has 1 rings (SSSR count). The number of hydrogen-bond donors (Lipinski definition) is 0. The maximum Gasteiger partial charge on any atom is 0.123 e. The maximum absolute atomic E-state index is 5.61. The minimum Gasteiger partial charge on any atom is -0.488 e. The average Bonchev–Trinajstić information content (AvgIpc) is 2.16. The number of benzene rings is 1. The monoisotopic (exact) mass is 224 g/mol. The lowest BCUT2D eigenvalue weighted by Crippen LogP contribution is -1.97. The molecule has 2 heteroatoms. The number of hydrogen-bond acceptors (Lipinski definition) is 1. The second-order valence-corrected chi connectivity index (χ2v) is 4.58. The molecule has 0 bridgehead atoms. The largest absolute Gasteiger partial charge is 0.488 e. The molecule has 0 heterocycles. The van der Waals surface area contributed by atoms with E-state index in [-0.39, 0.29) is 0 Å². The molecule has 15 heavy (non-hydrogen) atoms. The van der Waals surface area contributed by atoms with Crippen LogP contribution in [-0.4, -0.2) is 6.61 Å². The number of rotatable bonds is 5. The first-order valence-corrected chi connectivity index (χ1v) is 5.50. The Morgan fingerprint density at radius 3 is 2.40 bits per heavy atom. The van der Waals surface area contributed by atoms with E-state index in [0.717, 1.165) is 12.2 Å². The van der Waals surface area contributed by atoms with Gasteiger partial charge >= 0.3 is 0 Å². The molecule has 0 aliphatic rings. The second kappa shape index (κ2) is 5.82. The predicted octanol–water partition coefficient (Wildman–Crippen LogP) is 4.02. The highest BCUT2D eigenvalue weighted by molar-refractivity contribution is 6.29. The summed E-state index contributed by atoms with van der Waals surface area (Å²) in [5.41, 5.74) is 1.34. The van der Waals surface area contributed by atoms with Gasteiger partial charge in [-0.15, -0.1) is 0 Å². The molecule has 0 radical (unpaired) electrons. The van der Waals surface area contributed by atoms with E-state index in [4.69, 9.17) is 16.3 Å². The average molecular weight is 225 g/mol. The highest BCUT2D eigenvalue weighted by Gasteiger charge is 1.99. The van der Waals surface area contributed by atoms with Crippen LogP contribution in [0.2, 0.25) is 0 Å². The summed E-state index contributed by atoms with van der Waals surface area (Å²) in [5.74, 6) is 1.52. The van der Waals surface area contributed by atoms with Crippen molar-refractivity contribution in [3.05, 3.63) is 41.4 Å². The Labute approximate surface area is 96.7 Å². The van der Waals surface area contributed by atoms with Crippen molar-refractivity contribution in [2.24, 2.45) is 5.92 Å². The summed E-state index contributed by atoms with van der Waals surface area (Å²) in [7, 11) is 0. The first-order chi connectivity index (χ1) is 7.08. The SMILES string of the molecule is C=C(Cl)COc1ccc(CC(C)C)cc1. The van der Waals surface area contributed by atoms with Crippen LogP contribution < -0.4 is 4.74 Å². The zero-order valence-electron chi connectivity index (χ0n) is 9.29. The van der Waals surface area contributed by atoms with Crippen molar-refractivity contribution in [1.29, 1.82) is 0 Å². The molecule has 0 unspecified atom stereocenters. The fourth-order valence-electron chi connectivity index (χ4n) is 1.35. The Bertz CT molecular complexity index is 314. The van der Waals surface area contributed by atoms with Crippen LogP contribution in [-0.2, 0) is 6.42 Å². The van der Waals surface area contributed by atoms with E-state index in [1.807, 2.05) is 12.1 Å². The third kappa shape index (κ3) is 4.89. The van der Waals surface area contributed by atoms with E-state index in [9.17, 15) is 0 Å². The fourth-order valence-corrected chi connectivity index (χ4v) is 1.41. The summed E-state index contributed by atoms with van der Waals surface area (Å²) in [6.45, 7) is 8.35. The lowest BCUT2D eigenvalue weighted by atomic mass is 10.0. The van der Waals surface area contributed by atoms with Gasteiger partial charge in [-0.25, -0.2) is 0 Å². The van der Waals surface area contributed by atoms with Gasteiger partial charge in [0.1, 0.15) is 12.4 Å². The van der Waals surface area contributed by atoms with Gasteiger partial charge in [0.15, 0.2) is 0 Å². The van der Waals surface area contributed by atoms with Crippen molar-refractivity contribution in [3.8, 4) is 5.75 Å². The van der Waals surface area contributed by atoms with Crippen LogP contribution in [0.3, 0.4) is 0 Å². The molecule has 0 fully saturated rings. The van der Waals surface area contributed by atoms with E-state index in [2.05, 4.69) is 32.6 Å². The molecule has 0 aliphatic carbocycles. The van der Waals surface area contributed by atoms with Crippen LogP contribution in [0.15, 0.2) is 35.9 Å². The van der Waals surface area contributed by atoms with Crippen molar-refractivity contribution in [2.45, 2.75) is 20.3 Å². The lowest BCUT2D eigenvalue weighted by Gasteiger charge is -2.07. The molecule has 82 valence electrons. The Morgan fingerprint density at radius 1 is 1.33 bits per heavy atom. The smallest absolute Gasteiger partial charge is 0.123 e. The summed E-state index contributed by atoms with van der Waals surface area (Å²) in [6, 6.07) is 8.12. The van der Waals surface area contributed by atoms with Gasteiger partial charge in [0.25, 0.3) is 0 Å². The van der Waals surface area contributed by atoms with Gasteiger partial charge in [-0.05, 0) is 30.0 Å². The summed E-state index contributed by atoms with van der Waals surface area (Å²) in [6.07, 6.45) is 1.10. The van der Waals surface area contributed by atoms with E-state index in [0.29, 0.717) is 17.6 Å². The minimum absolute atomic E-state index is 0.366. The first kappa shape index (κ1) is 12.1. The Kier molecular flexibility index (Phi) is 4.70. The number of halogens is 1. The highest BCUT2D eigenvalue weighted by Crippen LogP contribution is 2.15. The first-order valence-electron chi connectivity index (χ1n) is 5.13. The van der Waals surface area contributed by atoms with Crippen LogP contribution in [0, 0.1) is 5.92 Å². The van der Waals surface area contributed by atoms with Crippen molar-refractivity contribution < 1.29 is 4.74 Å². The topological polar surface area (TPSA) is 9.23 Å². The second-order valence-electron chi connectivity index (χ2n) is 4.05. The molecule has 0 saturated carbocycles. The van der Waals surface area contributed by atoms with E-state index >= 15 is 0 Å². The van der Waals surface area contributed by atoms with Crippen LogP contribution in [0.25, 0.3) is 0 Å². The Hall–Kier alpha value is -0.950. The lowest BCUT2D eigenvalue weighted by molar-refractivity contribution is 0.359. The highest BCUT2D eigenvalue weighted by atomic mass is 35.5. The van der Waals surface area contributed by atoms with Gasteiger partial charge in [-0.1, -0.05) is 44.2 Å². The third-order valence-electron chi connectivity index (χ3n) is 1.96. The molecule has 0 atom stereocenters. The summed E-state index contributed by atoms with van der Waals surface area (Å²) in [4.78, 5) is 0. The summed E-state index contributed by atoms with van der Waals surface area (Å²) >= 11 is 5.61. The van der Waals surface area contributed by atoms with Gasteiger partial charge in [0.05, 0.1) is 0 Å². The van der Waals surface area contributed by atoms with Gasteiger partial charge in [0, 0.05) is 5.03 Å². The molecule has 1 aromatic rings. The minimum atomic E-state index is 0.366. The molecule has 1 aromatic carbocycles. The van der Waals surface area contributed by atoms with E-state index < -0.39 is 0 Å². The maximum atomic E-state index is 5.61. The molecule has 0 saturated heterocycles. The van der Waals surface area contributed by atoms with Crippen LogP contribution in [0.1, 0.15) is 19.4 Å². The van der Waals surface area contributed by atoms with Gasteiger partial charge in [-0.3, -0.25) is 0 Å². The van der Waals surface area contributed by atoms with Gasteiger partial charge in [-0.2, -0.15) is 0 Å². The summed E-state index contributed by atoms with van der Waals surface area (Å²) in [5, 5.41) is 0.515. The van der Waals surface area contributed by atoms with Crippen LogP contribution in [0.4, 0.5) is 0 Å². The van der Waals surface area contributed by atoms with Crippen molar-refractivity contribution in [1.82, 2.24) is 0 Å². The molecular formula is C13H17ClO. The van der Waals surface area contributed by atoms with Gasteiger partial charge < -0.3 is 4.74 Å². The zero-order valence-corrected chi connectivity index (χ0v) is 10.1. The Balaban J connectivity index is 2.52. The molecule has 0 N–H and O–H groups in total. The molecule has 0 aliphatic heterocycles. The van der Waals surface area contributed by atoms with Crippen molar-refractivity contribution >= 4 is 11.6 Å². The third-order valence-corrected chi connectivity index (χ3v) is 2.07. The van der Waals surface area contributed by atoms with Crippen molar-refractivity contribution in [3.63, 3.8) is 0 Å². The number of ether oxygens (including phenoxy) is 1.